The molecule has 0 heterocycles. The highest BCUT2D eigenvalue weighted by Crippen LogP contribution is 2.22. The van der Waals surface area contributed by atoms with Crippen molar-refractivity contribution in [2.45, 2.75) is 13.5 Å². The van der Waals surface area contributed by atoms with Crippen molar-refractivity contribution < 1.29 is 13.9 Å². The van der Waals surface area contributed by atoms with Crippen molar-refractivity contribution in [1.82, 2.24) is 0 Å². The first-order valence-corrected chi connectivity index (χ1v) is 6.70. The molecule has 2 aromatic carbocycles. The second kappa shape index (κ2) is 7.28. The highest BCUT2D eigenvalue weighted by atomic mass is 19.1. The summed E-state index contributed by atoms with van der Waals surface area (Å²) < 4.78 is 17.7. The van der Waals surface area contributed by atoms with E-state index in [0.29, 0.717) is 18.8 Å². The van der Waals surface area contributed by atoms with Gasteiger partial charge in [0.1, 0.15) is 5.82 Å². The van der Waals surface area contributed by atoms with Crippen molar-refractivity contribution in [3.05, 3.63) is 59.9 Å². The van der Waals surface area contributed by atoms with Gasteiger partial charge in [-0.25, -0.2) is 9.18 Å². The van der Waals surface area contributed by atoms with Crippen molar-refractivity contribution in [2.24, 2.45) is 0 Å². The summed E-state index contributed by atoms with van der Waals surface area (Å²) in [5.41, 5.74) is 2.36. The van der Waals surface area contributed by atoms with E-state index in [1.165, 1.54) is 12.1 Å². The van der Waals surface area contributed by atoms with Crippen LogP contribution in [0.5, 0.6) is 0 Å². The molecule has 5 heteroatoms. The van der Waals surface area contributed by atoms with Gasteiger partial charge in [-0.2, -0.15) is 0 Å². The van der Waals surface area contributed by atoms with Gasteiger partial charge in [0.05, 0.1) is 18.0 Å². The topological polar surface area (TPSA) is 50.4 Å². The number of benzene rings is 2. The van der Waals surface area contributed by atoms with Crippen LogP contribution in [0.1, 0.15) is 12.5 Å². The highest BCUT2D eigenvalue weighted by Gasteiger charge is 2.06. The van der Waals surface area contributed by atoms with E-state index in [9.17, 15) is 9.18 Å². The van der Waals surface area contributed by atoms with Crippen LogP contribution in [0.15, 0.2) is 48.5 Å². The molecule has 2 N–H and O–H groups in total. The van der Waals surface area contributed by atoms with Crippen LogP contribution in [0, 0.1) is 5.82 Å². The maximum Gasteiger partial charge on any atom is 0.411 e. The second-order valence-electron chi connectivity index (χ2n) is 4.37. The van der Waals surface area contributed by atoms with E-state index in [2.05, 4.69) is 10.6 Å². The SMILES string of the molecule is CCOC(=O)Nc1ccccc1NCc1ccc(F)cc1. The first kappa shape index (κ1) is 14.8. The van der Waals surface area contributed by atoms with Gasteiger partial charge in [-0.15, -0.1) is 0 Å². The average Bonchev–Trinajstić information content (AvgIpc) is 2.48. The summed E-state index contributed by atoms with van der Waals surface area (Å²) in [5.74, 6) is -0.261. The Morgan fingerprint density at radius 3 is 2.43 bits per heavy atom. The molecule has 2 rings (SSSR count). The Morgan fingerprint density at radius 1 is 1.10 bits per heavy atom. The summed E-state index contributed by atoms with van der Waals surface area (Å²) >= 11 is 0. The largest absolute Gasteiger partial charge is 0.450 e. The summed E-state index contributed by atoms with van der Waals surface area (Å²) in [5, 5.41) is 5.88. The fourth-order valence-electron chi connectivity index (χ4n) is 1.82. The summed E-state index contributed by atoms with van der Waals surface area (Å²) in [6, 6.07) is 13.6. The summed E-state index contributed by atoms with van der Waals surface area (Å²) in [7, 11) is 0. The monoisotopic (exact) mass is 288 g/mol. The minimum Gasteiger partial charge on any atom is -0.450 e. The Hall–Kier alpha value is -2.56. The molecule has 0 aromatic heterocycles. The fraction of sp³-hybridized carbons (Fsp3) is 0.188. The molecule has 0 atom stereocenters. The molecule has 4 nitrogen and oxygen atoms in total. The van der Waals surface area contributed by atoms with Crippen molar-refractivity contribution in [1.29, 1.82) is 0 Å². The number of halogens is 1. The molecule has 0 aliphatic rings. The predicted octanol–water partition coefficient (Wildman–Crippen LogP) is 4.01. The van der Waals surface area contributed by atoms with E-state index in [-0.39, 0.29) is 5.82 Å². The third-order valence-corrected chi connectivity index (χ3v) is 2.84. The van der Waals surface area contributed by atoms with Gasteiger partial charge in [0.2, 0.25) is 0 Å². The zero-order chi connectivity index (χ0) is 15.1. The lowest BCUT2D eigenvalue weighted by Crippen LogP contribution is -2.14. The van der Waals surface area contributed by atoms with Gasteiger partial charge >= 0.3 is 6.09 Å². The lowest BCUT2D eigenvalue weighted by atomic mass is 10.2. The first-order valence-electron chi connectivity index (χ1n) is 6.70. The lowest BCUT2D eigenvalue weighted by molar-refractivity contribution is 0.168. The summed E-state index contributed by atoms with van der Waals surface area (Å²) in [6.45, 7) is 2.59. The van der Waals surface area contributed by atoms with Crippen LogP contribution in [0.4, 0.5) is 20.6 Å². The van der Waals surface area contributed by atoms with Gasteiger partial charge in [-0.05, 0) is 36.8 Å². The van der Waals surface area contributed by atoms with Gasteiger partial charge < -0.3 is 10.1 Å². The Morgan fingerprint density at radius 2 is 1.76 bits per heavy atom. The minimum absolute atomic E-state index is 0.261. The summed E-state index contributed by atoms with van der Waals surface area (Å²) in [4.78, 5) is 11.5. The Balaban J connectivity index is 2.02. The molecule has 2 aromatic rings. The average molecular weight is 288 g/mol. The Kier molecular flexibility index (Phi) is 5.15. The van der Waals surface area contributed by atoms with Crippen molar-refractivity contribution >= 4 is 17.5 Å². The molecular formula is C16H17FN2O2. The molecule has 0 aliphatic carbocycles. The molecule has 0 spiro atoms. The maximum absolute atomic E-state index is 12.8. The second-order valence-corrected chi connectivity index (χ2v) is 4.37. The molecule has 0 bridgehead atoms. The van der Waals surface area contributed by atoms with Crippen LogP contribution in [-0.4, -0.2) is 12.7 Å². The molecular weight excluding hydrogens is 271 g/mol. The van der Waals surface area contributed by atoms with Gasteiger partial charge in [-0.1, -0.05) is 24.3 Å². The Bertz CT molecular complexity index is 599. The standard InChI is InChI=1S/C16H17FN2O2/c1-2-21-16(20)19-15-6-4-3-5-14(15)18-11-12-7-9-13(17)10-8-12/h3-10,18H,2,11H2,1H3,(H,19,20). The van der Waals surface area contributed by atoms with E-state index in [4.69, 9.17) is 4.74 Å². The first-order chi connectivity index (χ1) is 10.2. The zero-order valence-electron chi connectivity index (χ0n) is 11.7. The van der Waals surface area contributed by atoms with E-state index in [1.54, 1.807) is 25.1 Å². The quantitative estimate of drug-likeness (QED) is 0.874. The summed E-state index contributed by atoms with van der Waals surface area (Å²) in [6.07, 6.45) is -0.492. The number of anilines is 2. The zero-order valence-corrected chi connectivity index (χ0v) is 11.7. The maximum atomic E-state index is 12.8. The van der Waals surface area contributed by atoms with E-state index in [1.807, 2.05) is 18.2 Å². The van der Waals surface area contributed by atoms with Gasteiger partial charge in [-0.3, -0.25) is 5.32 Å². The molecule has 21 heavy (non-hydrogen) atoms. The van der Waals surface area contributed by atoms with Crippen LogP contribution in [-0.2, 0) is 11.3 Å². The van der Waals surface area contributed by atoms with Crippen LogP contribution in [0.25, 0.3) is 0 Å². The molecule has 0 aliphatic heterocycles. The smallest absolute Gasteiger partial charge is 0.411 e. The number of amides is 1. The number of carbonyl (C=O) groups excluding carboxylic acids is 1. The lowest BCUT2D eigenvalue weighted by Gasteiger charge is -2.13. The van der Waals surface area contributed by atoms with E-state index < -0.39 is 6.09 Å². The van der Waals surface area contributed by atoms with Crippen LogP contribution >= 0.6 is 0 Å². The normalized spacial score (nSPS) is 10.0. The Labute approximate surface area is 122 Å². The molecule has 110 valence electrons. The molecule has 0 saturated heterocycles. The number of hydrogen-bond acceptors (Lipinski definition) is 3. The molecule has 0 radical (unpaired) electrons. The van der Waals surface area contributed by atoms with Gasteiger partial charge in [0.15, 0.2) is 0 Å². The third-order valence-electron chi connectivity index (χ3n) is 2.84. The number of para-hydroxylation sites is 2. The van der Waals surface area contributed by atoms with Crippen LogP contribution in [0.3, 0.4) is 0 Å². The number of ether oxygens (including phenoxy) is 1. The molecule has 1 amide bonds. The predicted molar refractivity (Wildman–Crippen MR) is 80.8 cm³/mol. The van der Waals surface area contributed by atoms with Crippen molar-refractivity contribution in [3.8, 4) is 0 Å². The number of hydrogen-bond donors (Lipinski definition) is 2. The van der Waals surface area contributed by atoms with Gasteiger partial charge in [0.25, 0.3) is 0 Å². The van der Waals surface area contributed by atoms with Crippen LogP contribution < -0.4 is 10.6 Å². The number of carbonyl (C=O) groups is 1. The molecule has 0 unspecified atom stereocenters. The molecule has 0 saturated carbocycles. The third kappa shape index (κ3) is 4.49. The minimum atomic E-state index is -0.492. The van der Waals surface area contributed by atoms with Crippen molar-refractivity contribution in [3.63, 3.8) is 0 Å². The highest BCUT2D eigenvalue weighted by molar-refractivity contribution is 5.89. The van der Waals surface area contributed by atoms with Crippen molar-refractivity contribution in [2.75, 3.05) is 17.2 Å². The number of rotatable bonds is 5. The van der Waals surface area contributed by atoms with E-state index >= 15 is 0 Å². The molecule has 0 fully saturated rings. The fourth-order valence-corrected chi connectivity index (χ4v) is 1.82. The number of nitrogens with one attached hydrogen (secondary N) is 2. The van der Waals surface area contributed by atoms with Gasteiger partial charge in [0, 0.05) is 6.54 Å². The van der Waals surface area contributed by atoms with Crippen LogP contribution in [0.2, 0.25) is 0 Å². The van der Waals surface area contributed by atoms with E-state index in [0.717, 1.165) is 11.3 Å².